The van der Waals surface area contributed by atoms with E-state index in [-0.39, 0.29) is 5.41 Å². The van der Waals surface area contributed by atoms with E-state index in [1.165, 1.54) is 37.7 Å². The highest BCUT2D eigenvalue weighted by molar-refractivity contribution is 5.96. The number of nitrogens with zero attached hydrogens (tertiary/aromatic N) is 2. The number of hydrogen-bond acceptors (Lipinski definition) is 4. The molecule has 4 rings (SSSR count). The Labute approximate surface area is 151 Å². The second-order valence-electron chi connectivity index (χ2n) is 9.51. The van der Waals surface area contributed by atoms with E-state index in [2.05, 4.69) is 30.2 Å². The van der Waals surface area contributed by atoms with Crippen molar-refractivity contribution in [3.05, 3.63) is 11.6 Å². The third-order valence-electron chi connectivity index (χ3n) is 8.77. The number of fused-ring (bicyclic) bond motifs is 5. The lowest BCUT2D eigenvalue weighted by Gasteiger charge is -2.58. The van der Waals surface area contributed by atoms with Crippen LogP contribution in [0.5, 0.6) is 0 Å². The average Bonchev–Trinajstić information content (AvgIpc) is 2.97. The smallest absolute Gasteiger partial charge is 0.0795 e. The molecule has 3 saturated carbocycles. The Morgan fingerprint density at radius 2 is 1.84 bits per heavy atom. The maximum atomic E-state index is 9.32. The van der Waals surface area contributed by atoms with Gasteiger partial charge in [-0.25, -0.2) is 0 Å². The normalized spacial score (nSPS) is 48.5. The van der Waals surface area contributed by atoms with Crippen LogP contribution in [0.25, 0.3) is 0 Å². The van der Waals surface area contributed by atoms with E-state index in [1.54, 1.807) is 0 Å². The highest BCUT2D eigenvalue weighted by Gasteiger charge is 2.59. The molecule has 0 aromatic rings. The highest BCUT2D eigenvalue weighted by atomic mass is 16.4. The van der Waals surface area contributed by atoms with E-state index in [0.717, 1.165) is 48.4 Å². The minimum absolute atomic E-state index is 0.288. The van der Waals surface area contributed by atoms with Crippen molar-refractivity contribution in [3.8, 4) is 0 Å². The predicted octanol–water partition coefficient (Wildman–Crippen LogP) is 5.25. The first-order valence-corrected chi connectivity index (χ1v) is 10.0. The van der Waals surface area contributed by atoms with Gasteiger partial charge in [0.05, 0.1) is 11.4 Å². The van der Waals surface area contributed by atoms with Gasteiger partial charge in [0.1, 0.15) is 0 Å². The molecule has 4 aliphatic rings. The first-order valence-electron chi connectivity index (χ1n) is 10.0. The van der Waals surface area contributed by atoms with Gasteiger partial charge in [-0.1, -0.05) is 29.7 Å². The van der Waals surface area contributed by atoms with Crippen LogP contribution in [0.4, 0.5) is 0 Å². The molecule has 4 heteroatoms. The number of oxime groups is 2. The van der Waals surface area contributed by atoms with Gasteiger partial charge < -0.3 is 10.4 Å². The number of rotatable bonds is 1. The summed E-state index contributed by atoms with van der Waals surface area (Å²) in [5.41, 5.74) is 3.92. The molecule has 2 N–H and O–H groups in total. The van der Waals surface area contributed by atoms with Crippen LogP contribution in [-0.4, -0.2) is 21.8 Å². The van der Waals surface area contributed by atoms with Crippen LogP contribution < -0.4 is 0 Å². The molecule has 25 heavy (non-hydrogen) atoms. The Balaban J connectivity index is 1.65. The number of allylic oxidation sites excluding steroid dienone is 2. The molecule has 6 atom stereocenters. The molecule has 0 heterocycles. The van der Waals surface area contributed by atoms with Crippen molar-refractivity contribution in [2.75, 3.05) is 0 Å². The highest BCUT2D eigenvalue weighted by Crippen LogP contribution is 2.66. The molecule has 0 aliphatic heterocycles. The van der Waals surface area contributed by atoms with E-state index in [1.807, 2.05) is 6.92 Å². The Morgan fingerprint density at radius 1 is 1.04 bits per heavy atom. The van der Waals surface area contributed by atoms with Gasteiger partial charge in [0.15, 0.2) is 0 Å². The molecular formula is C21H32N2O2. The molecule has 0 amide bonds. The third kappa shape index (κ3) is 2.32. The van der Waals surface area contributed by atoms with Gasteiger partial charge in [-0.2, -0.15) is 0 Å². The summed E-state index contributed by atoms with van der Waals surface area (Å²) in [6.45, 7) is 6.94. The summed E-state index contributed by atoms with van der Waals surface area (Å²) in [6.07, 6.45) is 11.6. The van der Waals surface area contributed by atoms with E-state index in [4.69, 9.17) is 0 Å². The summed E-state index contributed by atoms with van der Waals surface area (Å²) >= 11 is 0. The standard InChI is InChI=1S/C21H32N2O2/c1-13(22-24)17-6-7-18-16-5-4-14-12-15(23-25)8-10-20(14,2)19(16)9-11-21(17,18)3/h12,16-19,24-25H,4-11H2,1-3H3/b22-13?,23-15-/t16-,17+,18-,19-,20-,21+/m1/s1. The van der Waals surface area contributed by atoms with Gasteiger partial charge in [0.25, 0.3) is 0 Å². The van der Waals surface area contributed by atoms with Crippen molar-refractivity contribution in [2.24, 2.45) is 44.8 Å². The van der Waals surface area contributed by atoms with Crippen LogP contribution in [-0.2, 0) is 0 Å². The van der Waals surface area contributed by atoms with Crippen LogP contribution in [0.3, 0.4) is 0 Å². The van der Waals surface area contributed by atoms with Crippen LogP contribution in [0.1, 0.15) is 72.1 Å². The van der Waals surface area contributed by atoms with Crippen LogP contribution in [0, 0.1) is 34.5 Å². The van der Waals surface area contributed by atoms with E-state index in [9.17, 15) is 10.4 Å². The van der Waals surface area contributed by atoms with Gasteiger partial charge >= 0.3 is 0 Å². The second-order valence-corrected chi connectivity index (χ2v) is 9.51. The lowest BCUT2D eigenvalue weighted by atomic mass is 9.46. The summed E-state index contributed by atoms with van der Waals surface area (Å²) in [6, 6.07) is 0. The zero-order valence-corrected chi connectivity index (χ0v) is 15.8. The summed E-state index contributed by atoms with van der Waals surface area (Å²) in [7, 11) is 0. The van der Waals surface area contributed by atoms with Crippen molar-refractivity contribution in [2.45, 2.75) is 72.1 Å². The summed E-state index contributed by atoms with van der Waals surface area (Å²) in [4.78, 5) is 0. The maximum absolute atomic E-state index is 9.32. The monoisotopic (exact) mass is 344 g/mol. The van der Waals surface area contributed by atoms with E-state index >= 15 is 0 Å². The van der Waals surface area contributed by atoms with Gasteiger partial charge in [-0.15, -0.1) is 0 Å². The molecule has 4 aliphatic carbocycles. The zero-order valence-electron chi connectivity index (χ0n) is 15.8. The molecule has 0 unspecified atom stereocenters. The summed E-state index contributed by atoms with van der Waals surface area (Å²) in [5, 5.41) is 25.6. The third-order valence-corrected chi connectivity index (χ3v) is 8.77. The van der Waals surface area contributed by atoms with Crippen molar-refractivity contribution < 1.29 is 10.4 Å². The SMILES string of the molecule is CC(=NO)[C@@H]1CC[C@@H]2[C@H]3CCC4=C/C(=N\O)CC[C@@]4(C)[C@@H]3CC[C@]21C. The largest absolute Gasteiger partial charge is 0.411 e. The molecule has 0 saturated heterocycles. The van der Waals surface area contributed by atoms with Crippen molar-refractivity contribution in [1.29, 1.82) is 0 Å². The van der Waals surface area contributed by atoms with Gasteiger partial charge in [-0.3, -0.25) is 0 Å². The fourth-order valence-electron chi connectivity index (χ4n) is 7.41. The first-order chi connectivity index (χ1) is 11.9. The Kier molecular flexibility index (Phi) is 4.01. The predicted molar refractivity (Wildman–Crippen MR) is 99.3 cm³/mol. The van der Waals surface area contributed by atoms with Crippen molar-refractivity contribution in [1.82, 2.24) is 0 Å². The Bertz CT molecular complexity index is 652. The van der Waals surface area contributed by atoms with Gasteiger partial charge in [-0.05, 0) is 93.0 Å². The lowest BCUT2D eigenvalue weighted by molar-refractivity contribution is -0.0410. The van der Waals surface area contributed by atoms with Crippen LogP contribution in [0.15, 0.2) is 22.0 Å². The van der Waals surface area contributed by atoms with Crippen LogP contribution >= 0.6 is 0 Å². The number of hydrogen-bond donors (Lipinski definition) is 2. The molecule has 0 spiro atoms. The van der Waals surface area contributed by atoms with Gasteiger partial charge in [0.2, 0.25) is 0 Å². The molecular weight excluding hydrogens is 312 g/mol. The molecule has 4 nitrogen and oxygen atoms in total. The maximum Gasteiger partial charge on any atom is 0.0795 e. The first kappa shape index (κ1) is 17.1. The fraction of sp³-hybridized carbons (Fsp3) is 0.810. The van der Waals surface area contributed by atoms with Crippen molar-refractivity contribution >= 4 is 11.4 Å². The minimum Gasteiger partial charge on any atom is -0.411 e. The molecule has 138 valence electrons. The molecule has 0 aromatic heterocycles. The molecule has 0 bridgehead atoms. The summed E-state index contributed by atoms with van der Waals surface area (Å²) in [5.74, 6) is 2.77. The van der Waals surface area contributed by atoms with Crippen molar-refractivity contribution in [3.63, 3.8) is 0 Å². The summed E-state index contributed by atoms with van der Waals surface area (Å²) < 4.78 is 0. The fourth-order valence-corrected chi connectivity index (χ4v) is 7.41. The second kappa shape index (κ2) is 5.85. The molecule has 0 radical (unpaired) electrons. The topological polar surface area (TPSA) is 65.2 Å². The minimum atomic E-state index is 0.288. The lowest BCUT2D eigenvalue weighted by Crippen LogP contribution is -2.51. The zero-order chi connectivity index (χ0) is 17.8. The Hall–Kier alpha value is -1.32. The molecule has 0 aromatic carbocycles. The Morgan fingerprint density at radius 3 is 2.56 bits per heavy atom. The van der Waals surface area contributed by atoms with E-state index < -0.39 is 0 Å². The van der Waals surface area contributed by atoms with Crippen LogP contribution in [0.2, 0.25) is 0 Å². The van der Waals surface area contributed by atoms with E-state index in [0.29, 0.717) is 11.3 Å². The molecule has 3 fully saturated rings. The van der Waals surface area contributed by atoms with Gasteiger partial charge in [0, 0.05) is 5.92 Å². The quantitative estimate of drug-likeness (QED) is 0.388. The average molecular weight is 344 g/mol.